The molecule has 2 rings (SSSR count). The average Bonchev–Trinajstić information content (AvgIpc) is 2.44. The normalized spacial score (nSPS) is 26.7. The van der Waals surface area contributed by atoms with E-state index in [9.17, 15) is 0 Å². The zero-order chi connectivity index (χ0) is 14.8. The number of hydrogen-bond donors (Lipinski definition) is 1. The first-order chi connectivity index (χ1) is 9.52. The van der Waals surface area contributed by atoms with Gasteiger partial charge in [-0.25, -0.2) is 9.97 Å². The fraction of sp³-hybridized carbons (Fsp3) is 0.733. The van der Waals surface area contributed by atoms with Crippen LogP contribution in [-0.2, 0) is 16.8 Å². The monoisotopic (exact) mass is 341 g/mol. The summed E-state index contributed by atoms with van der Waals surface area (Å²) in [6, 6.07) is 0. The minimum Gasteiger partial charge on any atom is -0.383 e. The molecule has 0 atom stereocenters. The maximum Gasteiger partial charge on any atom is 0.162 e. The highest BCUT2D eigenvalue weighted by atomic mass is 79.9. The summed E-state index contributed by atoms with van der Waals surface area (Å²) in [4.78, 5) is 9.24. The average molecular weight is 342 g/mol. The number of aryl methyl sites for hydroxylation is 1. The van der Waals surface area contributed by atoms with Crippen molar-refractivity contribution in [3.05, 3.63) is 16.0 Å². The number of ether oxygens (including phenoxy) is 1. The van der Waals surface area contributed by atoms with Crippen molar-refractivity contribution in [3.63, 3.8) is 0 Å². The molecule has 0 bridgehead atoms. The smallest absolute Gasteiger partial charge is 0.162 e. The molecule has 4 nitrogen and oxygen atoms in total. The van der Waals surface area contributed by atoms with Gasteiger partial charge in [-0.15, -0.1) is 0 Å². The molecule has 1 aliphatic carbocycles. The number of aromatic nitrogens is 2. The Kier molecular flexibility index (Phi) is 5.02. The van der Waals surface area contributed by atoms with Crippen LogP contribution in [0.2, 0.25) is 0 Å². The van der Waals surface area contributed by atoms with Gasteiger partial charge < -0.3 is 10.5 Å². The molecule has 1 aliphatic rings. The van der Waals surface area contributed by atoms with Crippen molar-refractivity contribution in [2.45, 2.75) is 58.5 Å². The second-order valence-electron chi connectivity index (χ2n) is 5.66. The van der Waals surface area contributed by atoms with E-state index in [4.69, 9.17) is 15.5 Å². The lowest BCUT2D eigenvalue weighted by molar-refractivity contribution is -0.0837. The van der Waals surface area contributed by atoms with E-state index in [-0.39, 0.29) is 5.60 Å². The molecule has 1 aromatic rings. The Hall–Kier alpha value is -0.680. The Labute approximate surface area is 129 Å². The van der Waals surface area contributed by atoms with E-state index in [2.05, 4.69) is 34.8 Å². The number of rotatable bonds is 4. The molecule has 112 valence electrons. The number of nitrogens with two attached hydrogens (primary N) is 1. The van der Waals surface area contributed by atoms with Crippen molar-refractivity contribution in [1.29, 1.82) is 0 Å². The molecule has 1 saturated carbocycles. The summed E-state index contributed by atoms with van der Waals surface area (Å²) in [6.07, 6.45) is 5.10. The van der Waals surface area contributed by atoms with Crippen molar-refractivity contribution in [1.82, 2.24) is 9.97 Å². The fourth-order valence-corrected chi connectivity index (χ4v) is 3.35. The summed E-state index contributed by atoms with van der Waals surface area (Å²) in [5, 5.41) is 0. The number of halogens is 1. The molecule has 1 fully saturated rings. The van der Waals surface area contributed by atoms with Gasteiger partial charge >= 0.3 is 0 Å². The molecule has 0 aliphatic heterocycles. The molecule has 2 N–H and O–H groups in total. The highest BCUT2D eigenvalue weighted by Gasteiger charge is 2.39. The zero-order valence-corrected chi connectivity index (χ0v) is 14.2. The van der Waals surface area contributed by atoms with Gasteiger partial charge in [-0.2, -0.15) is 0 Å². The topological polar surface area (TPSA) is 61.0 Å². The summed E-state index contributed by atoms with van der Waals surface area (Å²) in [6.45, 7) is 7.08. The van der Waals surface area contributed by atoms with E-state index < -0.39 is 0 Å². The summed E-state index contributed by atoms with van der Waals surface area (Å²) in [7, 11) is 0. The minimum atomic E-state index is -0.347. The summed E-state index contributed by atoms with van der Waals surface area (Å²) >= 11 is 3.47. The standard InChI is InChI=1S/C15H24BrN3O/c1-4-11-12(16)13(17)19-14(18-11)15(20-5-2)8-6-10(3)7-9-15/h10H,4-9H2,1-3H3,(H2,17,18,19). The van der Waals surface area contributed by atoms with Gasteiger partial charge in [0.05, 0.1) is 10.2 Å². The van der Waals surface area contributed by atoms with Gasteiger partial charge in [0.15, 0.2) is 5.82 Å². The van der Waals surface area contributed by atoms with Crippen LogP contribution in [0.1, 0.15) is 58.0 Å². The predicted octanol–water partition coefficient (Wildman–Crippen LogP) is 3.83. The van der Waals surface area contributed by atoms with Crippen molar-refractivity contribution in [2.24, 2.45) is 5.92 Å². The fourth-order valence-electron chi connectivity index (χ4n) is 2.89. The lowest BCUT2D eigenvalue weighted by Gasteiger charge is -2.38. The van der Waals surface area contributed by atoms with Crippen molar-refractivity contribution >= 4 is 21.7 Å². The molecule has 0 unspecified atom stereocenters. The molecule has 1 heterocycles. The number of hydrogen-bond acceptors (Lipinski definition) is 4. The molecule has 1 aromatic heterocycles. The molecular weight excluding hydrogens is 318 g/mol. The number of anilines is 1. The Morgan fingerprint density at radius 1 is 1.30 bits per heavy atom. The van der Waals surface area contributed by atoms with Crippen LogP contribution in [0.3, 0.4) is 0 Å². The van der Waals surface area contributed by atoms with Gasteiger partial charge in [-0.3, -0.25) is 0 Å². The molecule has 20 heavy (non-hydrogen) atoms. The molecule has 0 spiro atoms. The third-order valence-electron chi connectivity index (χ3n) is 4.19. The van der Waals surface area contributed by atoms with E-state index in [0.717, 1.165) is 54.0 Å². The van der Waals surface area contributed by atoms with Gasteiger partial charge in [0, 0.05) is 6.61 Å². The van der Waals surface area contributed by atoms with Gasteiger partial charge in [0.25, 0.3) is 0 Å². The number of nitrogen functional groups attached to an aromatic ring is 1. The second kappa shape index (κ2) is 6.39. The molecule has 0 amide bonds. The third-order valence-corrected chi connectivity index (χ3v) is 5.05. The van der Waals surface area contributed by atoms with Gasteiger partial charge in [0.2, 0.25) is 0 Å². The van der Waals surface area contributed by atoms with Gasteiger partial charge in [-0.05, 0) is 60.9 Å². The first kappa shape index (κ1) is 15.7. The van der Waals surface area contributed by atoms with Gasteiger partial charge in [-0.1, -0.05) is 13.8 Å². The van der Waals surface area contributed by atoms with Crippen LogP contribution in [0.4, 0.5) is 5.82 Å². The summed E-state index contributed by atoms with van der Waals surface area (Å²) in [5.41, 5.74) is 6.65. The maximum atomic E-state index is 6.10. The first-order valence-electron chi connectivity index (χ1n) is 7.48. The molecule has 5 heteroatoms. The zero-order valence-electron chi connectivity index (χ0n) is 12.6. The SMILES string of the molecule is CCOC1(c2nc(N)c(Br)c(CC)n2)CCC(C)CC1. The largest absolute Gasteiger partial charge is 0.383 e. The predicted molar refractivity (Wildman–Crippen MR) is 84.5 cm³/mol. The quantitative estimate of drug-likeness (QED) is 0.903. The van der Waals surface area contributed by atoms with Gasteiger partial charge in [0.1, 0.15) is 11.4 Å². The van der Waals surface area contributed by atoms with Crippen molar-refractivity contribution in [2.75, 3.05) is 12.3 Å². The van der Waals surface area contributed by atoms with Crippen LogP contribution in [0, 0.1) is 5.92 Å². The highest BCUT2D eigenvalue weighted by Crippen LogP contribution is 2.42. The van der Waals surface area contributed by atoms with Crippen molar-refractivity contribution < 1.29 is 4.74 Å². The molecule has 0 aromatic carbocycles. The minimum absolute atomic E-state index is 0.347. The Balaban J connectivity index is 2.41. The van der Waals surface area contributed by atoms with E-state index in [1.165, 1.54) is 0 Å². The van der Waals surface area contributed by atoms with E-state index in [0.29, 0.717) is 12.4 Å². The van der Waals surface area contributed by atoms with E-state index >= 15 is 0 Å². The van der Waals surface area contributed by atoms with Crippen LogP contribution in [0.25, 0.3) is 0 Å². The molecular formula is C15H24BrN3O. The van der Waals surface area contributed by atoms with Crippen LogP contribution in [0.15, 0.2) is 4.47 Å². The van der Waals surface area contributed by atoms with Crippen LogP contribution in [-0.4, -0.2) is 16.6 Å². The van der Waals surface area contributed by atoms with Crippen LogP contribution < -0.4 is 5.73 Å². The Bertz CT molecular complexity index is 470. The van der Waals surface area contributed by atoms with Crippen LogP contribution in [0.5, 0.6) is 0 Å². The second-order valence-corrected chi connectivity index (χ2v) is 6.45. The summed E-state index contributed by atoms with van der Waals surface area (Å²) in [5.74, 6) is 2.04. The van der Waals surface area contributed by atoms with Crippen molar-refractivity contribution in [3.8, 4) is 0 Å². The first-order valence-corrected chi connectivity index (χ1v) is 8.28. The molecule has 0 radical (unpaired) electrons. The van der Waals surface area contributed by atoms with Crippen LogP contribution >= 0.6 is 15.9 Å². The Morgan fingerprint density at radius 3 is 2.50 bits per heavy atom. The maximum absolute atomic E-state index is 6.10. The lowest BCUT2D eigenvalue weighted by Crippen LogP contribution is -2.36. The highest BCUT2D eigenvalue weighted by molar-refractivity contribution is 9.10. The Morgan fingerprint density at radius 2 is 1.95 bits per heavy atom. The van der Waals surface area contributed by atoms with E-state index in [1.807, 2.05) is 6.92 Å². The lowest BCUT2D eigenvalue weighted by atomic mass is 9.78. The summed E-state index contributed by atoms with van der Waals surface area (Å²) < 4.78 is 6.92. The number of nitrogens with zero attached hydrogens (tertiary/aromatic N) is 2. The third kappa shape index (κ3) is 2.98. The molecule has 0 saturated heterocycles. The van der Waals surface area contributed by atoms with E-state index in [1.54, 1.807) is 0 Å².